The zero-order valence-corrected chi connectivity index (χ0v) is 8.57. The van der Waals surface area contributed by atoms with E-state index in [1.165, 1.54) is 6.20 Å². The Morgan fingerprint density at radius 1 is 1.64 bits per heavy atom. The Hall–Kier alpha value is -0.320. The monoisotopic (exact) mass is 162 g/mol. The molecule has 1 aromatic rings. The van der Waals surface area contributed by atoms with Gasteiger partial charge in [0, 0.05) is 12.3 Å². The van der Waals surface area contributed by atoms with Crippen molar-refractivity contribution >= 4 is 0 Å². The zero-order chi connectivity index (χ0) is 7.40. The summed E-state index contributed by atoms with van der Waals surface area (Å²) < 4.78 is 4.94. The van der Waals surface area contributed by atoms with Gasteiger partial charge in [0.15, 0.2) is 0 Å². The van der Waals surface area contributed by atoms with Gasteiger partial charge in [0.05, 0.1) is 12.6 Å². The van der Waals surface area contributed by atoms with E-state index in [-0.39, 0.29) is 29.6 Å². The molecule has 0 saturated carbocycles. The van der Waals surface area contributed by atoms with Crippen molar-refractivity contribution in [2.75, 3.05) is 6.61 Å². The molecule has 0 aliphatic heterocycles. The van der Waals surface area contributed by atoms with Gasteiger partial charge in [-0.1, -0.05) is 0 Å². The molecule has 1 aromatic heterocycles. The third-order valence-corrected chi connectivity index (χ3v) is 0.900. The van der Waals surface area contributed by atoms with Gasteiger partial charge in [-0.05, 0) is 6.92 Å². The first-order valence-corrected chi connectivity index (χ1v) is 2.96. The molecular weight excluding hydrogens is 155 g/mol. The van der Waals surface area contributed by atoms with Crippen LogP contribution in [0.2, 0.25) is 0 Å². The molecule has 11 heavy (non-hydrogen) atoms. The second kappa shape index (κ2) is 5.35. The quantitative estimate of drug-likeness (QED) is 0.433. The maximum Gasteiger partial charge on any atom is 1.00 e. The molecule has 0 aliphatic carbocycles. The molecule has 0 aliphatic rings. The summed E-state index contributed by atoms with van der Waals surface area (Å²) >= 11 is 0. The van der Waals surface area contributed by atoms with Crippen molar-refractivity contribution in [2.24, 2.45) is 0 Å². The molecule has 0 bridgehead atoms. The van der Waals surface area contributed by atoms with Crippen LogP contribution in [0.3, 0.4) is 0 Å². The van der Waals surface area contributed by atoms with Crippen LogP contribution in [-0.4, -0.2) is 16.6 Å². The molecule has 0 atom stereocenters. The Balaban J connectivity index is 0.000001000. The van der Waals surface area contributed by atoms with Crippen LogP contribution in [0.4, 0.5) is 0 Å². The maximum atomic E-state index is 10.5. The second-order valence-electron chi connectivity index (χ2n) is 1.61. The standard InChI is InChI=1S/C6H8N2O2.Na/c1-2-10-5-3-4-7-6(9)8-5;/h3-4H,2H2,1H3,(H,7,8,9);/q;+1/p-1. The van der Waals surface area contributed by atoms with Gasteiger partial charge in [0.25, 0.3) is 0 Å². The zero-order valence-electron chi connectivity index (χ0n) is 6.57. The minimum absolute atomic E-state index is 0. The van der Waals surface area contributed by atoms with Crippen molar-refractivity contribution in [3.05, 3.63) is 12.3 Å². The maximum absolute atomic E-state index is 10.5. The van der Waals surface area contributed by atoms with Crippen molar-refractivity contribution in [3.8, 4) is 11.9 Å². The Kier molecular flexibility index (Phi) is 5.19. The topological polar surface area (TPSA) is 58.1 Å². The number of rotatable bonds is 2. The molecule has 1 heterocycles. The van der Waals surface area contributed by atoms with Gasteiger partial charge in [-0.2, -0.15) is 0 Å². The van der Waals surface area contributed by atoms with Gasteiger partial charge in [-0.15, -0.1) is 0 Å². The minimum Gasteiger partial charge on any atom is -0.844 e. The SMILES string of the molecule is CCOc1ccnc([O-])n1.[Na+]. The third-order valence-electron chi connectivity index (χ3n) is 0.900. The van der Waals surface area contributed by atoms with Crippen molar-refractivity contribution in [2.45, 2.75) is 6.92 Å². The summed E-state index contributed by atoms with van der Waals surface area (Å²) in [5.74, 6) is 0.336. The fraction of sp³-hybridized carbons (Fsp3) is 0.333. The largest absolute Gasteiger partial charge is 1.00 e. The average molecular weight is 162 g/mol. The number of hydrogen-bond acceptors (Lipinski definition) is 4. The number of hydrogen-bond donors (Lipinski definition) is 0. The van der Waals surface area contributed by atoms with Gasteiger partial charge >= 0.3 is 29.6 Å². The summed E-state index contributed by atoms with van der Waals surface area (Å²) in [6.45, 7) is 2.34. The molecule has 0 N–H and O–H groups in total. The smallest absolute Gasteiger partial charge is 0.844 e. The van der Waals surface area contributed by atoms with E-state index in [0.717, 1.165) is 0 Å². The van der Waals surface area contributed by atoms with E-state index < -0.39 is 6.01 Å². The van der Waals surface area contributed by atoms with Crippen LogP contribution in [0.25, 0.3) is 0 Å². The predicted octanol–water partition coefficient (Wildman–Crippen LogP) is -3.05. The fourth-order valence-electron chi connectivity index (χ4n) is 0.553. The van der Waals surface area contributed by atoms with E-state index in [9.17, 15) is 5.11 Å². The summed E-state index contributed by atoms with van der Waals surface area (Å²) in [5, 5.41) is 10.5. The van der Waals surface area contributed by atoms with Crippen molar-refractivity contribution < 1.29 is 39.4 Å². The predicted molar refractivity (Wildman–Crippen MR) is 32.6 cm³/mol. The molecule has 4 nitrogen and oxygen atoms in total. The van der Waals surface area contributed by atoms with Gasteiger partial charge in [0.2, 0.25) is 5.88 Å². The Morgan fingerprint density at radius 2 is 2.36 bits per heavy atom. The van der Waals surface area contributed by atoms with E-state index >= 15 is 0 Å². The summed E-state index contributed by atoms with van der Waals surface area (Å²) in [7, 11) is 0. The van der Waals surface area contributed by atoms with Crippen LogP contribution in [0.1, 0.15) is 6.92 Å². The molecule has 0 radical (unpaired) electrons. The summed E-state index contributed by atoms with van der Waals surface area (Å²) in [6.07, 6.45) is 1.38. The number of nitrogens with zero attached hydrogens (tertiary/aromatic N) is 2. The first kappa shape index (κ1) is 10.7. The van der Waals surface area contributed by atoms with E-state index in [1.807, 2.05) is 6.92 Å². The molecule has 0 aromatic carbocycles. The molecule has 0 spiro atoms. The van der Waals surface area contributed by atoms with Gasteiger partial charge in [-0.3, -0.25) is 4.98 Å². The van der Waals surface area contributed by atoms with E-state index in [0.29, 0.717) is 12.5 Å². The van der Waals surface area contributed by atoms with Crippen molar-refractivity contribution in [1.29, 1.82) is 0 Å². The van der Waals surface area contributed by atoms with Gasteiger partial charge in [-0.25, -0.2) is 4.98 Å². The Labute approximate surface area is 86.9 Å². The normalized spacial score (nSPS) is 8.45. The van der Waals surface area contributed by atoms with E-state index in [2.05, 4.69) is 9.97 Å². The van der Waals surface area contributed by atoms with Gasteiger partial charge < -0.3 is 9.84 Å². The third kappa shape index (κ3) is 3.55. The molecule has 1 rings (SSSR count). The van der Waals surface area contributed by atoms with Crippen molar-refractivity contribution in [3.63, 3.8) is 0 Å². The van der Waals surface area contributed by atoms with E-state index in [4.69, 9.17) is 4.74 Å². The summed E-state index contributed by atoms with van der Waals surface area (Å²) in [6, 6.07) is 1.04. The second-order valence-corrected chi connectivity index (χ2v) is 1.61. The summed E-state index contributed by atoms with van der Waals surface area (Å²) in [4.78, 5) is 6.85. The fourth-order valence-corrected chi connectivity index (χ4v) is 0.553. The Bertz CT molecular complexity index is 219. The first-order chi connectivity index (χ1) is 4.83. The van der Waals surface area contributed by atoms with Crippen LogP contribution < -0.4 is 39.4 Å². The molecule has 0 unspecified atom stereocenters. The molecule has 5 heteroatoms. The minimum atomic E-state index is -0.508. The summed E-state index contributed by atoms with van der Waals surface area (Å²) in [5.41, 5.74) is 0. The van der Waals surface area contributed by atoms with E-state index in [1.54, 1.807) is 6.07 Å². The average Bonchev–Trinajstić information content (AvgIpc) is 1.88. The molecule has 0 amide bonds. The van der Waals surface area contributed by atoms with Crippen LogP contribution in [-0.2, 0) is 0 Å². The van der Waals surface area contributed by atoms with Crippen LogP contribution in [0.15, 0.2) is 12.3 Å². The molecule has 54 valence electrons. The molecule has 0 fully saturated rings. The number of ether oxygens (including phenoxy) is 1. The van der Waals surface area contributed by atoms with Crippen LogP contribution >= 0.6 is 0 Å². The van der Waals surface area contributed by atoms with Crippen molar-refractivity contribution in [1.82, 2.24) is 9.97 Å². The Morgan fingerprint density at radius 3 is 2.91 bits per heavy atom. The molecule has 0 saturated heterocycles. The number of aromatic nitrogens is 2. The molecular formula is C6H7N2NaO2. The van der Waals surface area contributed by atoms with Crippen LogP contribution in [0.5, 0.6) is 11.9 Å². The van der Waals surface area contributed by atoms with Crippen LogP contribution in [0, 0.1) is 0 Å². The van der Waals surface area contributed by atoms with Gasteiger partial charge in [0.1, 0.15) is 0 Å². The first-order valence-electron chi connectivity index (χ1n) is 2.96.